The van der Waals surface area contributed by atoms with Crippen molar-refractivity contribution in [3.05, 3.63) is 121 Å². The highest BCUT2D eigenvalue weighted by molar-refractivity contribution is 6.18. The van der Waals surface area contributed by atoms with Crippen LogP contribution in [0.4, 0.5) is 0 Å². The van der Waals surface area contributed by atoms with Gasteiger partial charge in [-0.15, -0.1) is 0 Å². The molecule has 4 heteroatoms. The van der Waals surface area contributed by atoms with E-state index in [4.69, 9.17) is 10.2 Å². The molecule has 1 amide bonds. The molecule has 0 spiro atoms. The molecule has 0 bridgehead atoms. The highest BCUT2D eigenvalue weighted by Crippen LogP contribution is 2.36. The molecule has 2 N–H and O–H groups in total. The van der Waals surface area contributed by atoms with Gasteiger partial charge in [0.2, 0.25) is 5.91 Å². The number of nitrogens with zero attached hydrogens (tertiary/aromatic N) is 1. The van der Waals surface area contributed by atoms with Crippen molar-refractivity contribution >= 4 is 27.7 Å². The van der Waals surface area contributed by atoms with Crippen LogP contribution in [0.1, 0.15) is 15.9 Å². The van der Waals surface area contributed by atoms with Crippen LogP contribution in [-0.4, -0.2) is 10.5 Å². The van der Waals surface area contributed by atoms with Crippen molar-refractivity contribution < 1.29 is 9.21 Å². The Hall–Kier alpha value is -4.57. The average Bonchev–Trinajstić information content (AvgIpc) is 3.52. The molecule has 0 aliphatic heterocycles. The SMILES string of the molecule is NC(=O)c1cccc2c1c1[c]cc(-c3ccco3)cc1n2Cc1ccccc1-c1ccccc1. The van der Waals surface area contributed by atoms with Crippen LogP contribution in [-0.2, 0) is 6.54 Å². The summed E-state index contributed by atoms with van der Waals surface area (Å²) in [6.07, 6.45) is 1.66. The van der Waals surface area contributed by atoms with Gasteiger partial charge in [0.05, 0.1) is 17.3 Å². The lowest BCUT2D eigenvalue weighted by Gasteiger charge is -2.13. The lowest BCUT2D eigenvalue weighted by molar-refractivity contribution is 0.100. The Bertz CT molecular complexity index is 1640. The molecule has 0 aliphatic rings. The fourth-order valence-corrected chi connectivity index (χ4v) is 4.74. The Morgan fingerprint density at radius 1 is 0.853 bits per heavy atom. The number of primary amides is 1. The molecule has 6 aromatic rings. The minimum Gasteiger partial charge on any atom is -0.464 e. The Balaban J connectivity index is 1.62. The third-order valence-corrected chi connectivity index (χ3v) is 6.30. The van der Waals surface area contributed by atoms with E-state index in [0.29, 0.717) is 12.1 Å². The van der Waals surface area contributed by atoms with E-state index >= 15 is 0 Å². The Labute approximate surface area is 196 Å². The first-order chi connectivity index (χ1) is 16.7. The summed E-state index contributed by atoms with van der Waals surface area (Å²) in [6.45, 7) is 0.628. The summed E-state index contributed by atoms with van der Waals surface area (Å²) in [6, 6.07) is 35.7. The largest absolute Gasteiger partial charge is 0.464 e. The number of benzene rings is 4. The molecule has 0 atom stereocenters. The monoisotopic (exact) mass is 441 g/mol. The normalized spacial score (nSPS) is 11.3. The van der Waals surface area contributed by atoms with E-state index in [1.807, 2.05) is 36.4 Å². The van der Waals surface area contributed by atoms with Crippen LogP contribution >= 0.6 is 0 Å². The second-order valence-corrected chi connectivity index (χ2v) is 8.30. The molecule has 2 aromatic heterocycles. The van der Waals surface area contributed by atoms with Crippen molar-refractivity contribution in [1.82, 2.24) is 4.57 Å². The van der Waals surface area contributed by atoms with Crippen LogP contribution < -0.4 is 5.73 Å². The highest BCUT2D eigenvalue weighted by atomic mass is 16.3. The van der Waals surface area contributed by atoms with Gasteiger partial charge in [-0.25, -0.2) is 0 Å². The van der Waals surface area contributed by atoms with Gasteiger partial charge in [-0.05, 0) is 59.2 Å². The Morgan fingerprint density at radius 2 is 1.68 bits per heavy atom. The minimum absolute atomic E-state index is 0.446. The number of fused-ring (bicyclic) bond motifs is 3. The van der Waals surface area contributed by atoms with Crippen molar-refractivity contribution in [2.45, 2.75) is 6.54 Å². The zero-order chi connectivity index (χ0) is 23.1. The maximum Gasteiger partial charge on any atom is 0.249 e. The molecule has 1 radical (unpaired) electrons. The summed E-state index contributed by atoms with van der Waals surface area (Å²) >= 11 is 0. The Morgan fingerprint density at radius 3 is 2.47 bits per heavy atom. The quantitative estimate of drug-likeness (QED) is 0.325. The number of nitrogens with two attached hydrogens (primary N) is 1. The van der Waals surface area contributed by atoms with Gasteiger partial charge in [-0.2, -0.15) is 0 Å². The highest BCUT2D eigenvalue weighted by Gasteiger charge is 2.18. The third kappa shape index (κ3) is 3.28. The lowest BCUT2D eigenvalue weighted by atomic mass is 9.99. The summed E-state index contributed by atoms with van der Waals surface area (Å²) in [5.41, 5.74) is 12.6. The summed E-state index contributed by atoms with van der Waals surface area (Å²) in [7, 11) is 0. The van der Waals surface area contributed by atoms with Gasteiger partial charge in [0.15, 0.2) is 0 Å². The van der Waals surface area contributed by atoms with Crippen molar-refractivity contribution in [1.29, 1.82) is 0 Å². The first-order valence-electron chi connectivity index (χ1n) is 11.1. The van der Waals surface area contributed by atoms with Crippen LogP contribution in [0.5, 0.6) is 0 Å². The number of furan rings is 1. The van der Waals surface area contributed by atoms with Gasteiger partial charge in [0.25, 0.3) is 0 Å². The topological polar surface area (TPSA) is 61.2 Å². The second kappa shape index (κ2) is 8.09. The predicted molar refractivity (Wildman–Crippen MR) is 135 cm³/mol. The van der Waals surface area contributed by atoms with E-state index in [1.165, 1.54) is 16.7 Å². The van der Waals surface area contributed by atoms with Gasteiger partial charge in [0, 0.05) is 28.4 Å². The fraction of sp³-hybridized carbons (Fsp3) is 0.0333. The van der Waals surface area contributed by atoms with Gasteiger partial charge < -0.3 is 14.7 Å². The van der Waals surface area contributed by atoms with Gasteiger partial charge in [-0.3, -0.25) is 4.79 Å². The lowest BCUT2D eigenvalue weighted by Crippen LogP contribution is -2.11. The minimum atomic E-state index is -0.446. The summed E-state index contributed by atoms with van der Waals surface area (Å²) in [5, 5.41) is 1.70. The molecule has 2 heterocycles. The first kappa shape index (κ1) is 20.1. The third-order valence-electron chi connectivity index (χ3n) is 6.30. The molecule has 163 valence electrons. The fourth-order valence-electron chi connectivity index (χ4n) is 4.74. The molecular formula is C30H21N2O2. The molecular weight excluding hydrogens is 420 g/mol. The van der Waals surface area contributed by atoms with E-state index in [0.717, 1.165) is 33.1 Å². The van der Waals surface area contributed by atoms with E-state index in [1.54, 1.807) is 12.3 Å². The number of rotatable bonds is 5. The van der Waals surface area contributed by atoms with Gasteiger partial charge in [-0.1, -0.05) is 60.7 Å². The van der Waals surface area contributed by atoms with E-state index < -0.39 is 5.91 Å². The maximum atomic E-state index is 12.3. The van der Waals surface area contributed by atoms with Crippen LogP contribution in [0, 0.1) is 6.07 Å². The molecule has 0 unspecified atom stereocenters. The maximum absolute atomic E-state index is 12.3. The van der Waals surface area contributed by atoms with Crippen LogP contribution in [0.2, 0.25) is 0 Å². The number of carbonyl (C=O) groups excluding carboxylic acids is 1. The summed E-state index contributed by atoms with van der Waals surface area (Å²) in [4.78, 5) is 12.3. The Kier molecular flexibility index (Phi) is 4.77. The summed E-state index contributed by atoms with van der Waals surface area (Å²) < 4.78 is 7.87. The predicted octanol–water partition coefficient (Wildman–Crippen LogP) is 6.67. The number of hydrogen-bond acceptors (Lipinski definition) is 2. The number of carbonyl (C=O) groups is 1. The van der Waals surface area contributed by atoms with Crippen LogP contribution in [0.25, 0.3) is 44.3 Å². The molecule has 4 aromatic carbocycles. The number of aromatic nitrogens is 1. The van der Waals surface area contributed by atoms with Gasteiger partial charge in [0.1, 0.15) is 5.76 Å². The number of hydrogen-bond donors (Lipinski definition) is 1. The van der Waals surface area contributed by atoms with E-state index in [9.17, 15) is 4.79 Å². The molecule has 6 rings (SSSR count). The smallest absolute Gasteiger partial charge is 0.249 e. The second-order valence-electron chi connectivity index (χ2n) is 8.30. The van der Waals surface area contributed by atoms with Crippen molar-refractivity contribution in [3.8, 4) is 22.5 Å². The molecule has 34 heavy (non-hydrogen) atoms. The van der Waals surface area contributed by atoms with Crippen LogP contribution in [0.15, 0.2) is 108 Å². The molecule has 0 saturated carbocycles. The van der Waals surface area contributed by atoms with E-state index in [-0.39, 0.29) is 0 Å². The van der Waals surface area contributed by atoms with Crippen molar-refractivity contribution in [2.24, 2.45) is 5.73 Å². The van der Waals surface area contributed by atoms with Crippen molar-refractivity contribution in [2.75, 3.05) is 0 Å². The zero-order valence-electron chi connectivity index (χ0n) is 18.4. The molecule has 0 saturated heterocycles. The van der Waals surface area contributed by atoms with Crippen LogP contribution in [0.3, 0.4) is 0 Å². The van der Waals surface area contributed by atoms with E-state index in [2.05, 4.69) is 65.2 Å². The molecule has 4 nitrogen and oxygen atoms in total. The van der Waals surface area contributed by atoms with Crippen molar-refractivity contribution in [3.63, 3.8) is 0 Å². The zero-order valence-corrected chi connectivity index (χ0v) is 18.4. The van der Waals surface area contributed by atoms with Gasteiger partial charge >= 0.3 is 0 Å². The average molecular weight is 442 g/mol. The standard InChI is InChI=1S/C30H21N2O2/c31-30(33)25-12-6-13-26-29(25)24-16-15-21(28-14-7-17-34-28)18-27(24)32(26)19-22-10-4-5-11-23(22)20-8-2-1-3-9-20/h1-15,17-18H,19H2,(H2,31,33). The number of amides is 1. The molecule has 0 fully saturated rings. The summed E-state index contributed by atoms with van der Waals surface area (Å²) in [5.74, 6) is 0.326. The first-order valence-corrected chi connectivity index (χ1v) is 11.1. The molecule has 0 aliphatic carbocycles.